The lowest BCUT2D eigenvalue weighted by Gasteiger charge is -2.48. The van der Waals surface area contributed by atoms with Crippen molar-refractivity contribution in [3.8, 4) is 0 Å². The van der Waals surface area contributed by atoms with Crippen LogP contribution in [-0.2, 0) is 23.9 Å². The molecule has 136 valence electrons. The molecule has 3 aliphatic rings. The molecule has 5 nitrogen and oxygen atoms in total. The molecule has 0 heterocycles. The molecule has 2 saturated carbocycles. The summed E-state index contributed by atoms with van der Waals surface area (Å²) in [6.07, 6.45) is 7.64. The van der Waals surface area contributed by atoms with Crippen LogP contribution in [0.15, 0.2) is 12.2 Å². The van der Waals surface area contributed by atoms with Gasteiger partial charge in [0.1, 0.15) is 11.2 Å². The lowest BCUT2D eigenvalue weighted by atomic mass is 9.52. The summed E-state index contributed by atoms with van der Waals surface area (Å²) in [5.41, 5.74) is -1.41. The first-order chi connectivity index (χ1) is 11.8. The molecule has 0 spiro atoms. The van der Waals surface area contributed by atoms with Gasteiger partial charge in [0.05, 0.1) is 7.11 Å². The molecule has 3 rings (SSSR count). The minimum atomic E-state index is -1.16. The molecule has 0 aliphatic heterocycles. The molecule has 5 heteroatoms. The van der Waals surface area contributed by atoms with Gasteiger partial charge in [-0.3, -0.25) is 19.2 Å². The number of hydrogen-bond acceptors (Lipinski definition) is 5. The van der Waals surface area contributed by atoms with Crippen LogP contribution >= 0.6 is 0 Å². The van der Waals surface area contributed by atoms with Crippen molar-refractivity contribution in [3.63, 3.8) is 0 Å². The van der Waals surface area contributed by atoms with Crippen molar-refractivity contribution in [2.24, 2.45) is 22.7 Å². The molecular formula is C20H26O5. The van der Waals surface area contributed by atoms with Crippen LogP contribution in [0.3, 0.4) is 0 Å². The monoisotopic (exact) mass is 346 g/mol. The van der Waals surface area contributed by atoms with Crippen molar-refractivity contribution in [2.75, 3.05) is 7.11 Å². The number of carbonyl (C=O) groups is 4. The molecule has 0 aromatic heterocycles. The third-order valence-electron chi connectivity index (χ3n) is 6.49. The number of hydrogen-bond donors (Lipinski definition) is 0. The second-order valence-electron chi connectivity index (χ2n) is 8.19. The molecule has 0 bridgehead atoms. The van der Waals surface area contributed by atoms with E-state index in [0.717, 1.165) is 12.8 Å². The van der Waals surface area contributed by atoms with Crippen LogP contribution in [0.5, 0.6) is 0 Å². The highest BCUT2D eigenvalue weighted by molar-refractivity contribution is 6.06. The molecule has 0 saturated heterocycles. The summed E-state index contributed by atoms with van der Waals surface area (Å²) in [6.45, 7) is 2.02. The van der Waals surface area contributed by atoms with E-state index >= 15 is 0 Å². The normalized spacial score (nSPS) is 37.9. The van der Waals surface area contributed by atoms with Crippen molar-refractivity contribution < 1.29 is 23.9 Å². The zero-order valence-corrected chi connectivity index (χ0v) is 15.0. The summed E-state index contributed by atoms with van der Waals surface area (Å²) in [5.74, 6) is -0.843. The highest BCUT2D eigenvalue weighted by atomic mass is 16.5. The maximum atomic E-state index is 12.9. The highest BCUT2D eigenvalue weighted by Crippen LogP contribution is 2.54. The van der Waals surface area contributed by atoms with Gasteiger partial charge >= 0.3 is 5.97 Å². The minimum absolute atomic E-state index is 0.0590. The predicted molar refractivity (Wildman–Crippen MR) is 90.6 cm³/mol. The first-order valence-electron chi connectivity index (χ1n) is 9.17. The third kappa shape index (κ3) is 2.98. The first kappa shape index (κ1) is 18.0. The topological polar surface area (TPSA) is 77.5 Å². The fourth-order valence-corrected chi connectivity index (χ4v) is 5.22. The molecular weight excluding hydrogens is 320 g/mol. The van der Waals surface area contributed by atoms with Gasteiger partial charge in [0.25, 0.3) is 0 Å². The van der Waals surface area contributed by atoms with E-state index in [1.165, 1.54) is 7.11 Å². The Kier molecular flexibility index (Phi) is 4.69. The number of rotatable bonds is 4. The Hall–Kier alpha value is -1.78. The van der Waals surface area contributed by atoms with Gasteiger partial charge in [-0.05, 0) is 49.0 Å². The third-order valence-corrected chi connectivity index (χ3v) is 6.49. The number of carbonyl (C=O) groups excluding carboxylic acids is 4. The van der Waals surface area contributed by atoms with E-state index in [2.05, 4.69) is 0 Å². The van der Waals surface area contributed by atoms with Crippen molar-refractivity contribution in [1.82, 2.24) is 0 Å². The van der Waals surface area contributed by atoms with E-state index in [4.69, 9.17) is 4.74 Å². The lowest BCUT2D eigenvalue weighted by molar-refractivity contribution is -0.175. The van der Waals surface area contributed by atoms with Gasteiger partial charge in [-0.1, -0.05) is 13.0 Å². The molecule has 0 radical (unpaired) electrons. The minimum Gasteiger partial charge on any atom is -0.468 e. The highest BCUT2D eigenvalue weighted by Gasteiger charge is 2.61. The maximum Gasteiger partial charge on any atom is 0.319 e. The smallest absolute Gasteiger partial charge is 0.319 e. The average Bonchev–Trinajstić information content (AvgIpc) is 2.91. The summed E-state index contributed by atoms with van der Waals surface area (Å²) < 4.78 is 5.06. The summed E-state index contributed by atoms with van der Waals surface area (Å²) in [5, 5.41) is 0. The van der Waals surface area contributed by atoms with Crippen molar-refractivity contribution in [3.05, 3.63) is 12.2 Å². The van der Waals surface area contributed by atoms with Crippen LogP contribution in [-0.4, -0.2) is 30.4 Å². The standard InChI is InChI=1S/C20H26O5/c1-19(9-7-15(21)12-19)8-6-14-11-16(22)10-13-4-3-5-17(23)20(13,14)18(24)25-2/h7,9,13-14H,3-6,8,10-12H2,1-2H3/t13-,14-,19+,20+/m0/s1. The van der Waals surface area contributed by atoms with Crippen LogP contribution < -0.4 is 0 Å². The Morgan fingerprint density at radius 3 is 2.68 bits per heavy atom. The number of esters is 1. The Labute approximate surface area is 148 Å². The number of ether oxygens (including phenoxy) is 1. The summed E-state index contributed by atoms with van der Waals surface area (Å²) >= 11 is 0. The van der Waals surface area contributed by atoms with Gasteiger partial charge < -0.3 is 4.74 Å². The van der Waals surface area contributed by atoms with Gasteiger partial charge in [-0.25, -0.2) is 0 Å². The Bertz CT molecular complexity index is 638. The average molecular weight is 346 g/mol. The molecule has 0 N–H and O–H groups in total. The van der Waals surface area contributed by atoms with E-state index in [1.807, 2.05) is 13.0 Å². The quantitative estimate of drug-likeness (QED) is 0.578. The van der Waals surface area contributed by atoms with Crippen LogP contribution in [0, 0.1) is 22.7 Å². The zero-order chi connectivity index (χ0) is 18.2. The molecule has 0 unspecified atom stereocenters. The van der Waals surface area contributed by atoms with Crippen LogP contribution in [0.1, 0.15) is 58.3 Å². The van der Waals surface area contributed by atoms with Crippen molar-refractivity contribution in [1.29, 1.82) is 0 Å². The predicted octanol–water partition coefficient (Wildman–Crippen LogP) is 2.81. The molecule has 4 atom stereocenters. The maximum absolute atomic E-state index is 12.9. The number of fused-ring (bicyclic) bond motifs is 1. The Morgan fingerprint density at radius 2 is 2.04 bits per heavy atom. The number of Topliss-reactive ketones (excluding diaryl/α,β-unsaturated/α-hetero) is 2. The fraction of sp³-hybridized carbons (Fsp3) is 0.700. The lowest BCUT2D eigenvalue weighted by Crippen LogP contribution is -2.57. The Balaban J connectivity index is 1.89. The van der Waals surface area contributed by atoms with E-state index in [-0.39, 0.29) is 41.0 Å². The van der Waals surface area contributed by atoms with Crippen molar-refractivity contribution in [2.45, 2.75) is 58.3 Å². The largest absolute Gasteiger partial charge is 0.468 e. The number of allylic oxidation sites excluding steroid dienone is 2. The molecule has 0 aromatic carbocycles. The molecule has 3 aliphatic carbocycles. The molecule has 0 amide bonds. The van der Waals surface area contributed by atoms with E-state index in [0.29, 0.717) is 32.1 Å². The second kappa shape index (κ2) is 6.50. The van der Waals surface area contributed by atoms with Crippen molar-refractivity contribution >= 4 is 23.3 Å². The number of methoxy groups -OCH3 is 1. The molecule has 25 heavy (non-hydrogen) atoms. The van der Waals surface area contributed by atoms with Gasteiger partial charge in [0, 0.05) is 25.7 Å². The SMILES string of the molecule is COC(=O)[C@]12C(=O)CCC[C@H]1CC(=O)C[C@@H]2CC[C@]1(C)C=CC(=O)C1. The fourth-order valence-electron chi connectivity index (χ4n) is 5.22. The van der Waals surface area contributed by atoms with Crippen LogP contribution in [0.2, 0.25) is 0 Å². The zero-order valence-electron chi connectivity index (χ0n) is 15.0. The van der Waals surface area contributed by atoms with Gasteiger partial charge in [0.15, 0.2) is 11.6 Å². The van der Waals surface area contributed by atoms with Crippen LogP contribution in [0.4, 0.5) is 0 Å². The van der Waals surface area contributed by atoms with Gasteiger partial charge in [-0.2, -0.15) is 0 Å². The number of ketones is 3. The summed E-state index contributed by atoms with van der Waals surface area (Å²) in [7, 11) is 1.32. The second-order valence-corrected chi connectivity index (χ2v) is 8.19. The van der Waals surface area contributed by atoms with E-state index in [1.54, 1.807) is 6.08 Å². The summed E-state index contributed by atoms with van der Waals surface area (Å²) in [6, 6.07) is 0. The van der Waals surface area contributed by atoms with Gasteiger partial charge in [-0.15, -0.1) is 0 Å². The van der Waals surface area contributed by atoms with Crippen LogP contribution in [0.25, 0.3) is 0 Å². The molecule has 0 aromatic rings. The Morgan fingerprint density at radius 1 is 1.28 bits per heavy atom. The first-order valence-corrected chi connectivity index (χ1v) is 9.17. The summed E-state index contributed by atoms with van der Waals surface area (Å²) in [4.78, 5) is 49.5. The molecule has 2 fully saturated rings. The van der Waals surface area contributed by atoms with Gasteiger partial charge in [0.2, 0.25) is 0 Å². The van der Waals surface area contributed by atoms with E-state index in [9.17, 15) is 19.2 Å². The van der Waals surface area contributed by atoms with E-state index < -0.39 is 11.4 Å².